The fourth-order valence-corrected chi connectivity index (χ4v) is 3.04. The Morgan fingerprint density at radius 1 is 1.10 bits per heavy atom. The van der Waals surface area contributed by atoms with Gasteiger partial charge in [0.2, 0.25) is 0 Å². The van der Waals surface area contributed by atoms with E-state index in [4.69, 9.17) is 34.8 Å². The Morgan fingerprint density at radius 3 is 2.52 bits per heavy atom. The summed E-state index contributed by atoms with van der Waals surface area (Å²) in [5, 5.41) is 5.36. The molecular weight excluding hydrogens is 392 g/mol. The zero-order chi connectivity index (χ0) is 15.4. The molecule has 5 heteroatoms. The molecule has 0 heterocycles. The molecule has 0 spiro atoms. The van der Waals surface area contributed by atoms with Crippen LogP contribution in [-0.2, 0) is 6.42 Å². The Kier molecular flexibility index (Phi) is 6.39. The number of benzene rings is 2. The fraction of sp³-hybridized carbons (Fsp3) is 0.250. The third-order valence-corrected chi connectivity index (χ3v) is 5.34. The van der Waals surface area contributed by atoms with Gasteiger partial charge in [-0.2, -0.15) is 0 Å². The van der Waals surface area contributed by atoms with Crippen molar-refractivity contribution in [3.05, 3.63) is 67.1 Å². The average Bonchev–Trinajstić information content (AvgIpc) is 2.46. The van der Waals surface area contributed by atoms with E-state index < -0.39 is 0 Å². The molecule has 2 aromatic rings. The fourth-order valence-electron chi connectivity index (χ4n) is 2.21. The SMILES string of the molecule is CCNC(Cc1cccc(Cl)c1Cl)c1ccc(Br)c(Cl)c1. The van der Waals surface area contributed by atoms with Crippen LogP contribution in [0.4, 0.5) is 0 Å². The van der Waals surface area contributed by atoms with E-state index in [2.05, 4.69) is 34.2 Å². The second-order valence-electron chi connectivity index (χ2n) is 4.70. The maximum Gasteiger partial charge on any atom is 0.0624 e. The lowest BCUT2D eigenvalue weighted by Crippen LogP contribution is -2.23. The first kappa shape index (κ1) is 17.1. The summed E-state index contributed by atoms with van der Waals surface area (Å²) in [5.41, 5.74) is 2.15. The van der Waals surface area contributed by atoms with Crippen molar-refractivity contribution in [2.75, 3.05) is 6.54 Å². The maximum absolute atomic E-state index is 6.29. The lowest BCUT2D eigenvalue weighted by Gasteiger charge is -2.20. The highest BCUT2D eigenvalue weighted by Crippen LogP contribution is 2.31. The molecule has 21 heavy (non-hydrogen) atoms. The molecule has 0 bridgehead atoms. The van der Waals surface area contributed by atoms with Gasteiger partial charge in [-0.3, -0.25) is 0 Å². The molecule has 0 amide bonds. The normalized spacial score (nSPS) is 12.4. The predicted molar refractivity (Wildman–Crippen MR) is 95.7 cm³/mol. The highest BCUT2D eigenvalue weighted by atomic mass is 79.9. The van der Waals surface area contributed by atoms with Crippen LogP contribution in [0.2, 0.25) is 15.1 Å². The molecule has 0 aliphatic heterocycles. The predicted octanol–water partition coefficient (Wildman–Crippen LogP) is 6.30. The molecule has 0 saturated carbocycles. The van der Waals surface area contributed by atoms with Crippen LogP contribution in [0.25, 0.3) is 0 Å². The van der Waals surface area contributed by atoms with Gasteiger partial charge in [-0.25, -0.2) is 0 Å². The van der Waals surface area contributed by atoms with E-state index >= 15 is 0 Å². The lowest BCUT2D eigenvalue weighted by molar-refractivity contribution is 0.550. The van der Waals surface area contributed by atoms with Gasteiger partial charge < -0.3 is 5.32 Å². The summed E-state index contributed by atoms with van der Waals surface area (Å²) in [4.78, 5) is 0. The summed E-state index contributed by atoms with van der Waals surface area (Å²) in [5.74, 6) is 0. The molecule has 1 unspecified atom stereocenters. The van der Waals surface area contributed by atoms with Crippen LogP contribution < -0.4 is 5.32 Å². The molecule has 1 N–H and O–H groups in total. The van der Waals surface area contributed by atoms with Crippen molar-refractivity contribution in [2.45, 2.75) is 19.4 Å². The Labute approximate surface area is 148 Å². The number of hydrogen-bond donors (Lipinski definition) is 1. The van der Waals surface area contributed by atoms with Gasteiger partial charge in [-0.15, -0.1) is 0 Å². The van der Waals surface area contributed by atoms with Crippen molar-refractivity contribution in [3.8, 4) is 0 Å². The van der Waals surface area contributed by atoms with Crippen LogP contribution in [0.1, 0.15) is 24.1 Å². The monoisotopic (exact) mass is 405 g/mol. The average molecular weight is 408 g/mol. The molecule has 0 fully saturated rings. The van der Waals surface area contributed by atoms with Crippen LogP contribution >= 0.6 is 50.7 Å². The van der Waals surface area contributed by atoms with Crippen LogP contribution in [0.15, 0.2) is 40.9 Å². The summed E-state index contributed by atoms with van der Waals surface area (Å²) in [7, 11) is 0. The molecule has 2 aromatic carbocycles. The third-order valence-electron chi connectivity index (χ3n) is 3.25. The molecule has 0 aliphatic carbocycles. The van der Waals surface area contributed by atoms with Gasteiger partial charge in [0.15, 0.2) is 0 Å². The summed E-state index contributed by atoms with van der Waals surface area (Å²) in [6.45, 7) is 2.93. The van der Waals surface area contributed by atoms with Crippen LogP contribution in [0.5, 0.6) is 0 Å². The first-order chi connectivity index (χ1) is 10.0. The van der Waals surface area contributed by atoms with Crippen molar-refractivity contribution in [1.82, 2.24) is 5.32 Å². The minimum atomic E-state index is 0.136. The van der Waals surface area contributed by atoms with Crippen molar-refractivity contribution in [3.63, 3.8) is 0 Å². The molecule has 1 nitrogen and oxygen atoms in total. The zero-order valence-corrected chi connectivity index (χ0v) is 15.3. The van der Waals surface area contributed by atoms with E-state index in [-0.39, 0.29) is 6.04 Å². The quantitative estimate of drug-likeness (QED) is 0.613. The molecule has 0 aliphatic rings. The van der Waals surface area contributed by atoms with Crippen LogP contribution in [0, 0.1) is 0 Å². The first-order valence-corrected chi connectivity index (χ1v) is 8.56. The molecule has 2 rings (SSSR count). The molecule has 112 valence electrons. The van der Waals surface area contributed by atoms with Crippen molar-refractivity contribution >= 4 is 50.7 Å². The van der Waals surface area contributed by atoms with Gasteiger partial charge in [0.25, 0.3) is 0 Å². The van der Waals surface area contributed by atoms with E-state index in [0.717, 1.165) is 28.6 Å². The van der Waals surface area contributed by atoms with Gasteiger partial charge in [0.05, 0.1) is 15.1 Å². The van der Waals surface area contributed by atoms with Gasteiger partial charge in [0, 0.05) is 10.5 Å². The van der Waals surface area contributed by atoms with E-state index in [0.29, 0.717) is 15.1 Å². The molecule has 0 radical (unpaired) electrons. The highest BCUT2D eigenvalue weighted by Gasteiger charge is 2.15. The molecule has 0 saturated heterocycles. The Balaban J connectivity index is 2.30. The van der Waals surface area contributed by atoms with E-state index in [1.807, 2.05) is 24.3 Å². The summed E-state index contributed by atoms with van der Waals surface area (Å²) < 4.78 is 0.893. The smallest absolute Gasteiger partial charge is 0.0624 e. The second-order valence-corrected chi connectivity index (χ2v) is 6.75. The maximum atomic E-state index is 6.29. The Hall–Kier alpha value is -0.250. The third kappa shape index (κ3) is 4.37. The van der Waals surface area contributed by atoms with Crippen LogP contribution in [0.3, 0.4) is 0 Å². The minimum Gasteiger partial charge on any atom is -0.310 e. The Morgan fingerprint density at radius 2 is 1.86 bits per heavy atom. The molecular formula is C16H15BrCl3N. The van der Waals surface area contributed by atoms with Gasteiger partial charge in [-0.1, -0.05) is 59.9 Å². The van der Waals surface area contributed by atoms with Gasteiger partial charge >= 0.3 is 0 Å². The first-order valence-electron chi connectivity index (χ1n) is 6.64. The van der Waals surface area contributed by atoms with Gasteiger partial charge in [-0.05, 0) is 58.2 Å². The van der Waals surface area contributed by atoms with E-state index in [1.54, 1.807) is 6.07 Å². The van der Waals surface area contributed by atoms with E-state index in [9.17, 15) is 0 Å². The second kappa shape index (κ2) is 7.85. The number of hydrogen-bond acceptors (Lipinski definition) is 1. The zero-order valence-electron chi connectivity index (χ0n) is 11.5. The van der Waals surface area contributed by atoms with Gasteiger partial charge in [0.1, 0.15) is 0 Å². The lowest BCUT2D eigenvalue weighted by atomic mass is 9.99. The number of halogens is 4. The topological polar surface area (TPSA) is 12.0 Å². The summed E-state index contributed by atoms with van der Waals surface area (Å²) in [6, 6.07) is 11.8. The summed E-state index contributed by atoms with van der Waals surface area (Å²) >= 11 is 22.0. The highest BCUT2D eigenvalue weighted by molar-refractivity contribution is 9.10. The largest absolute Gasteiger partial charge is 0.310 e. The molecule has 0 aromatic heterocycles. The van der Waals surface area contributed by atoms with Crippen molar-refractivity contribution < 1.29 is 0 Å². The molecule has 1 atom stereocenters. The number of likely N-dealkylation sites (N-methyl/N-ethyl adjacent to an activating group) is 1. The number of rotatable bonds is 5. The minimum absolute atomic E-state index is 0.136. The Bertz CT molecular complexity index is 631. The van der Waals surface area contributed by atoms with E-state index in [1.165, 1.54) is 0 Å². The van der Waals surface area contributed by atoms with Crippen molar-refractivity contribution in [1.29, 1.82) is 0 Å². The number of nitrogens with one attached hydrogen (secondary N) is 1. The van der Waals surface area contributed by atoms with Crippen LogP contribution in [-0.4, -0.2) is 6.54 Å². The van der Waals surface area contributed by atoms with Crippen molar-refractivity contribution in [2.24, 2.45) is 0 Å². The standard InChI is InChI=1S/C16H15BrCl3N/c1-2-21-15(10-6-7-12(17)14(19)8-10)9-11-4-3-5-13(18)16(11)20/h3-8,15,21H,2,9H2,1H3. The summed E-state index contributed by atoms with van der Waals surface area (Å²) in [6.07, 6.45) is 0.755.